The maximum atomic E-state index is 5.69. The highest BCUT2D eigenvalue weighted by Gasteiger charge is 2.07. The zero-order chi connectivity index (χ0) is 14.1. The summed E-state index contributed by atoms with van der Waals surface area (Å²) in [4.78, 5) is 0.447. The SMILES string of the molecule is Cc1ccc(-c2cn(-c3ccc(Br)cc3)c(=S)o2)cc1. The summed E-state index contributed by atoms with van der Waals surface area (Å²) in [5.74, 6) is 0.776. The summed E-state index contributed by atoms with van der Waals surface area (Å²) in [6.07, 6.45) is 1.93. The van der Waals surface area contributed by atoms with Crippen molar-refractivity contribution in [1.82, 2.24) is 4.57 Å². The van der Waals surface area contributed by atoms with Gasteiger partial charge < -0.3 is 4.42 Å². The number of aryl methyl sites for hydroxylation is 1. The van der Waals surface area contributed by atoms with Crippen LogP contribution in [0.5, 0.6) is 0 Å². The molecule has 1 aromatic heterocycles. The molecule has 20 heavy (non-hydrogen) atoms. The Balaban J connectivity index is 2.05. The standard InChI is InChI=1S/C16H12BrNOS/c1-11-2-4-12(5-3-11)15-10-18(16(20)19-15)14-8-6-13(17)7-9-14/h2-10H,1H3. The first kappa shape index (κ1) is 13.3. The van der Waals surface area contributed by atoms with E-state index in [2.05, 4.69) is 35.0 Å². The molecule has 2 nitrogen and oxygen atoms in total. The highest BCUT2D eigenvalue weighted by molar-refractivity contribution is 9.10. The average molecular weight is 346 g/mol. The van der Waals surface area contributed by atoms with Crippen molar-refractivity contribution in [2.45, 2.75) is 6.92 Å². The smallest absolute Gasteiger partial charge is 0.273 e. The largest absolute Gasteiger partial charge is 0.429 e. The van der Waals surface area contributed by atoms with E-state index in [0.29, 0.717) is 4.84 Å². The van der Waals surface area contributed by atoms with Gasteiger partial charge in [0.1, 0.15) is 0 Å². The molecule has 0 spiro atoms. The number of benzene rings is 2. The van der Waals surface area contributed by atoms with Gasteiger partial charge in [0.15, 0.2) is 5.76 Å². The Hall–Kier alpha value is -1.65. The molecular weight excluding hydrogens is 334 g/mol. The van der Waals surface area contributed by atoms with E-state index in [1.54, 1.807) is 0 Å². The molecular formula is C16H12BrNOS. The van der Waals surface area contributed by atoms with Crippen LogP contribution in [0, 0.1) is 11.8 Å². The quantitative estimate of drug-likeness (QED) is 0.567. The molecule has 0 unspecified atom stereocenters. The second kappa shape index (κ2) is 5.38. The zero-order valence-electron chi connectivity index (χ0n) is 10.8. The highest BCUT2D eigenvalue weighted by Crippen LogP contribution is 2.24. The van der Waals surface area contributed by atoms with Gasteiger partial charge in [-0.15, -0.1) is 0 Å². The minimum atomic E-state index is 0.447. The predicted molar refractivity (Wildman–Crippen MR) is 86.7 cm³/mol. The van der Waals surface area contributed by atoms with E-state index in [1.165, 1.54) is 5.56 Å². The molecule has 0 bridgehead atoms. The fourth-order valence-electron chi connectivity index (χ4n) is 1.97. The van der Waals surface area contributed by atoms with Crippen LogP contribution in [0.25, 0.3) is 17.0 Å². The molecule has 0 atom stereocenters. The molecule has 0 radical (unpaired) electrons. The van der Waals surface area contributed by atoms with Gasteiger partial charge in [0, 0.05) is 15.7 Å². The number of rotatable bonds is 2. The van der Waals surface area contributed by atoms with Crippen LogP contribution in [-0.4, -0.2) is 4.57 Å². The Morgan fingerprint density at radius 1 is 1.00 bits per heavy atom. The summed E-state index contributed by atoms with van der Waals surface area (Å²) in [6.45, 7) is 2.06. The number of oxazole rings is 1. The van der Waals surface area contributed by atoms with Crippen molar-refractivity contribution < 1.29 is 4.42 Å². The summed E-state index contributed by atoms with van der Waals surface area (Å²) in [5.41, 5.74) is 3.23. The minimum absolute atomic E-state index is 0.447. The lowest BCUT2D eigenvalue weighted by Crippen LogP contribution is -1.90. The number of aromatic nitrogens is 1. The minimum Gasteiger partial charge on any atom is -0.429 e. The molecule has 0 aliphatic heterocycles. The summed E-state index contributed by atoms with van der Waals surface area (Å²) in [7, 11) is 0. The number of nitrogens with zero attached hydrogens (tertiary/aromatic N) is 1. The van der Waals surface area contributed by atoms with Crippen LogP contribution in [0.1, 0.15) is 5.56 Å². The summed E-state index contributed by atoms with van der Waals surface area (Å²) >= 11 is 8.72. The topological polar surface area (TPSA) is 18.1 Å². The maximum Gasteiger partial charge on any atom is 0.273 e. The van der Waals surface area contributed by atoms with Crippen LogP contribution >= 0.6 is 28.1 Å². The van der Waals surface area contributed by atoms with Crippen molar-refractivity contribution in [2.24, 2.45) is 0 Å². The lowest BCUT2D eigenvalue weighted by Gasteiger charge is -2.00. The van der Waals surface area contributed by atoms with E-state index < -0.39 is 0 Å². The Morgan fingerprint density at radius 2 is 1.65 bits per heavy atom. The third kappa shape index (κ3) is 2.62. The Morgan fingerprint density at radius 3 is 2.30 bits per heavy atom. The number of hydrogen-bond acceptors (Lipinski definition) is 2. The first-order chi connectivity index (χ1) is 9.63. The number of halogens is 1. The molecule has 0 N–H and O–H groups in total. The van der Waals surface area contributed by atoms with Crippen molar-refractivity contribution >= 4 is 28.1 Å². The van der Waals surface area contributed by atoms with Crippen molar-refractivity contribution in [3.63, 3.8) is 0 Å². The third-order valence-electron chi connectivity index (χ3n) is 3.08. The monoisotopic (exact) mass is 345 g/mol. The van der Waals surface area contributed by atoms with Crippen molar-refractivity contribution in [3.05, 3.63) is 69.6 Å². The summed E-state index contributed by atoms with van der Waals surface area (Å²) in [5, 5.41) is 0. The molecule has 4 heteroatoms. The van der Waals surface area contributed by atoms with Gasteiger partial charge in [0.05, 0.1) is 6.20 Å². The molecule has 0 amide bonds. The Bertz CT molecular complexity index is 785. The van der Waals surface area contributed by atoms with Crippen LogP contribution in [0.4, 0.5) is 0 Å². The van der Waals surface area contributed by atoms with Crippen molar-refractivity contribution in [3.8, 4) is 17.0 Å². The van der Waals surface area contributed by atoms with Crippen LogP contribution in [0.15, 0.2) is 63.6 Å². The van der Waals surface area contributed by atoms with Gasteiger partial charge in [-0.25, -0.2) is 0 Å². The molecule has 0 saturated heterocycles. The normalized spacial score (nSPS) is 10.7. The van der Waals surface area contributed by atoms with E-state index in [-0.39, 0.29) is 0 Å². The van der Waals surface area contributed by atoms with Gasteiger partial charge in [0.25, 0.3) is 4.84 Å². The lowest BCUT2D eigenvalue weighted by molar-refractivity contribution is 0.544. The van der Waals surface area contributed by atoms with E-state index in [9.17, 15) is 0 Å². The first-order valence-electron chi connectivity index (χ1n) is 6.19. The summed E-state index contributed by atoms with van der Waals surface area (Å²) in [6, 6.07) is 16.1. The van der Waals surface area contributed by atoms with Gasteiger partial charge in [-0.3, -0.25) is 4.57 Å². The molecule has 0 aliphatic rings. The van der Waals surface area contributed by atoms with Crippen LogP contribution in [0.3, 0.4) is 0 Å². The van der Waals surface area contributed by atoms with Gasteiger partial charge in [0.2, 0.25) is 0 Å². The molecule has 2 aromatic carbocycles. The molecule has 0 aliphatic carbocycles. The second-order valence-electron chi connectivity index (χ2n) is 4.57. The van der Waals surface area contributed by atoms with Crippen molar-refractivity contribution in [2.75, 3.05) is 0 Å². The van der Waals surface area contributed by atoms with E-state index in [1.807, 2.05) is 47.2 Å². The summed E-state index contributed by atoms with van der Waals surface area (Å²) < 4.78 is 8.60. The first-order valence-corrected chi connectivity index (χ1v) is 7.39. The Labute approximate surface area is 130 Å². The second-order valence-corrected chi connectivity index (χ2v) is 5.84. The van der Waals surface area contributed by atoms with Gasteiger partial charge in [-0.1, -0.05) is 45.8 Å². The molecule has 0 fully saturated rings. The Kier molecular flexibility index (Phi) is 3.59. The molecule has 1 heterocycles. The third-order valence-corrected chi connectivity index (χ3v) is 3.89. The fourth-order valence-corrected chi connectivity index (χ4v) is 2.48. The van der Waals surface area contributed by atoms with E-state index in [4.69, 9.17) is 16.6 Å². The maximum absolute atomic E-state index is 5.69. The molecule has 3 rings (SSSR count). The lowest BCUT2D eigenvalue weighted by atomic mass is 10.1. The van der Waals surface area contributed by atoms with E-state index in [0.717, 1.165) is 21.5 Å². The fraction of sp³-hybridized carbons (Fsp3) is 0.0625. The number of hydrogen-bond donors (Lipinski definition) is 0. The van der Waals surface area contributed by atoms with Gasteiger partial charge in [-0.05, 0) is 43.4 Å². The highest BCUT2D eigenvalue weighted by atomic mass is 79.9. The molecule has 0 saturated carbocycles. The zero-order valence-corrected chi connectivity index (χ0v) is 13.2. The van der Waals surface area contributed by atoms with Crippen LogP contribution in [-0.2, 0) is 0 Å². The van der Waals surface area contributed by atoms with Gasteiger partial charge in [-0.2, -0.15) is 0 Å². The van der Waals surface area contributed by atoms with Crippen LogP contribution < -0.4 is 0 Å². The van der Waals surface area contributed by atoms with E-state index >= 15 is 0 Å². The molecule has 3 aromatic rings. The predicted octanol–water partition coefficient (Wildman–Crippen LogP) is 5.54. The van der Waals surface area contributed by atoms with Crippen molar-refractivity contribution in [1.29, 1.82) is 0 Å². The average Bonchev–Trinajstić information content (AvgIpc) is 2.82. The van der Waals surface area contributed by atoms with Crippen LogP contribution in [0.2, 0.25) is 0 Å². The van der Waals surface area contributed by atoms with Gasteiger partial charge >= 0.3 is 0 Å². The molecule has 100 valence electrons.